The van der Waals surface area contributed by atoms with Crippen molar-refractivity contribution in [3.8, 4) is 0 Å². The third kappa shape index (κ3) is 7.86. The number of amidine groups is 1. The van der Waals surface area contributed by atoms with Crippen LogP contribution in [0.15, 0.2) is 40.6 Å². The molecule has 0 heterocycles. The molecule has 0 unspecified atom stereocenters. The summed E-state index contributed by atoms with van der Waals surface area (Å²) in [5.41, 5.74) is -4.76. The molecule has 0 atom stereocenters. The van der Waals surface area contributed by atoms with Gasteiger partial charge in [0.1, 0.15) is 0 Å². The molecule has 1 aromatic carbocycles. The van der Waals surface area contributed by atoms with Gasteiger partial charge in [-0.25, -0.2) is 0 Å². The number of hydrogen-bond acceptors (Lipinski definition) is 5. The van der Waals surface area contributed by atoms with E-state index in [1.54, 1.807) is 6.26 Å². The Morgan fingerprint density at radius 2 is 1.75 bits per heavy atom. The van der Waals surface area contributed by atoms with Gasteiger partial charge in [0.25, 0.3) is 0 Å². The van der Waals surface area contributed by atoms with Crippen LogP contribution in [0.1, 0.15) is 0 Å². The average molecular weight is 329 g/mol. The standard InChI is InChI=1S/C8H9N3S.CHF3O3S/c1-12-8(9)11-10-7-5-3-2-4-6-7;2-1(3,4)8(5,6)7/h2-6,9H,1H3;(H,5,6,7). The highest BCUT2D eigenvalue weighted by molar-refractivity contribution is 8.13. The molecule has 1 aromatic rings. The average Bonchev–Trinajstić information content (AvgIpc) is 2.35. The number of azo groups is 1. The van der Waals surface area contributed by atoms with Crippen molar-refractivity contribution in [1.29, 1.82) is 5.41 Å². The highest BCUT2D eigenvalue weighted by Gasteiger charge is 2.44. The zero-order valence-corrected chi connectivity index (χ0v) is 11.6. The van der Waals surface area contributed by atoms with E-state index in [1.807, 2.05) is 30.3 Å². The van der Waals surface area contributed by atoms with Crippen LogP contribution >= 0.6 is 11.8 Å². The lowest BCUT2D eigenvalue weighted by Gasteiger charge is -1.97. The van der Waals surface area contributed by atoms with E-state index in [4.69, 9.17) is 18.4 Å². The number of thioether (sulfide) groups is 1. The van der Waals surface area contributed by atoms with Gasteiger partial charge in [0.15, 0.2) is 0 Å². The summed E-state index contributed by atoms with van der Waals surface area (Å²) in [6, 6.07) is 9.38. The Balaban J connectivity index is 0.000000396. The van der Waals surface area contributed by atoms with Crippen molar-refractivity contribution < 1.29 is 26.1 Å². The van der Waals surface area contributed by atoms with Crippen molar-refractivity contribution in [2.75, 3.05) is 6.26 Å². The van der Waals surface area contributed by atoms with Crippen molar-refractivity contribution >= 4 is 32.7 Å². The van der Waals surface area contributed by atoms with Crippen LogP contribution in [0.4, 0.5) is 18.9 Å². The largest absolute Gasteiger partial charge is 0.522 e. The molecule has 2 N–H and O–H groups in total. The molecule has 0 saturated heterocycles. The molecule has 0 fully saturated rings. The van der Waals surface area contributed by atoms with Gasteiger partial charge in [-0.2, -0.15) is 21.6 Å². The summed E-state index contributed by atoms with van der Waals surface area (Å²) in [5.74, 6) is 0. The van der Waals surface area contributed by atoms with Gasteiger partial charge in [-0.3, -0.25) is 9.96 Å². The first kappa shape index (κ1) is 18.5. The molecule has 20 heavy (non-hydrogen) atoms. The first-order valence-corrected chi connectivity index (χ1v) is 7.37. The van der Waals surface area contributed by atoms with Crippen LogP contribution < -0.4 is 0 Å². The molecule has 0 aliphatic rings. The Morgan fingerprint density at radius 1 is 1.30 bits per heavy atom. The maximum absolute atomic E-state index is 10.7. The lowest BCUT2D eigenvalue weighted by atomic mass is 10.3. The minimum Gasteiger partial charge on any atom is -0.279 e. The van der Waals surface area contributed by atoms with Crippen LogP contribution in [-0.4, -0.2) is 29.9 Å². The predicted octanol–water partition coefficient (Wildman–Crippen LogP) is 3.46. The van der Waals surface area contributed by atoms with Gasteiger partial charge in [-0.05, 0) is 18.4 Å². The van der Waals surface area contributed by atoms with Crippen LogP contribution in [0.3, 0.4) is 0 Å². The molecule has 0 aliphatic heterocycles. The van der Waals surface area contributed by atoms with Gasteiger partial charge >= 0.3 is 15.6 Å². The Labute approximate surface area is 117 Å². The predicted molar refractivity (Wildman–Crippen MR) is 69.8 cm³/mol. The van der Waals surface area contributed by atoms with Gasteiger partial charge < -0.3 is 0 Å². The van der Waals surface area contributed by atoms with Crippen LogP contribution in [0.2, 0.25) is 0 Å². The molecule has 0 aliphatic carbocycles. The van der Waals surface area contributed by atoms with Gasteiger partial charge in [0.2, 0.25) is 5.17 Å². The molecular formula is C9H10F3N3O3S2. The minimum atomic E-state index is -5.84. The molecule has 0 aromatic heterocycles. The van der Waals surface area contributed by atoms with Gasteiger partial charge in [-0.15, -0.1) is 10.2 Å². The summed E-state index contributed by atoms with van der Waals surface area (Å²) in [7, 11) is -5.84. The molecule has 6 nitrogen and oxygen atoms in total. The summed E-state index contributed by atoms with van der Waals surface area (Å²) in [4.78, 5) is 0. The van der Waals surface area contributed by atoms with E-state index in [0.717, 1.165) is 5.69 Å². The number of nitrogens with zero attached hydrogens (tertiary/aromatic N) is 2. The second-order valence-corrected chi connectivity index (χ2v) is 5.17. The molecule has 0 spiro atoms. The first-order valence-electron chi connectivity index (χ1n) is 4.71. The van der Waals surface area contributed by atoms with Gasteiger partial charge in [-0.1, -0.05) is 30.0 Å². The van der Waals surface area contributed by atoms with Crippen LogP contribution in [0.25, 0.3) is 0 Å². The molecule has 0 amide bonds. The Kier molecular flexibility index (Phi) is 7.39. The van der Waals surface area contributed by atoms with Crippen molar-refractivity contribution in [3.63, 3.8) is 0 Å². The van der Waals surface area contributed by atoms with E-state index in [9.17, 15) is 13.2 Å². The quantitative estimate of drug-likeness (QED) is 0.271. The fourth-order valence-electron chi connectivity index (χ4n) is 0.639. The molecule has 1 rings (SSSR count). The van der Waals surface area contributed by atoms with Crippen molar-refractivity contribution in [3.05, 3.63) is 30.3 Å². The summed E-state index contributed by atoms with van der Waals surface area (Å²) in [5, 5.41) is 15.0. The lowest BCUT2D eigenvalue weighted by molar-refractivity contribution is -0.0510. The third-order valence-corrected chi connectivity index (χ3v) is 2.55. The Bertz CT molecular complexity index is 559. The number of hydrogen-bond donors (Lipinski definition) is 2. The highest BCUT2D eigenvalue weighted by Crippen LogP contribution is 2.20. The topological polar surface area (TPSA) is 103 Å². The number of rotatable bonds is 1. The fourth-order valence-corrected chi connectivity index (χ4v) is 0.761. The van der Waals surface area contributed by atoms with E-state index in [0.29, 0.717) is 0 Å². The first-order chi connectivity index (χ1) is 9.08. The maximum Gasteiger partial charge on any atom is 0.522 e. The normalized spacial score (nSPS) is 11.8. The van der Waals surface area contributed by atoms with E-state index >= 15 is 0 Å². The number of alkyl halides is 3. The Hall–Kier alpha value is -1.46. The van der Waals surface area contributed by atoms with Crippen LogP contribution in [-0.2, 0) is 10.1 Å². The van der Waals surface area contributed by atoms with Crippen LogP contribution in [0, 0.1) is 5.41 Å². The molecule has 0 bridgehead atoms. The zero-order valence-electron chi connectivity index (χ0n) is 10.00. The molecule has 11 heteroatoms. The highest BCUT2D eigenvalue weighted by atomic mass is 32.2. The lowest BCUT2D eigenvalue weighted by Crippen LogP contribution is -2.21. The van der Waals surface area contributed by atoms with Crippen molar-refractivity contribution in [2.24, 2.45) is 10.2 Å². The molecule has 112 valence electrons. The van der Waals surface area contributed by atoms with Gasteiger partial charge in [0.05, 0.1) is 5.69 Å². The zero-order chi connectivity index (χ0) is 15.8. The monoisotopic (exact) mass is 329 g/mol. The fraction of sp³-hybridized carbons (Fsp3) is 0.222. The maximum atomic E-state index is 10.7. The SMILES string of the molecule is CSC(=N)N=Nc1ccccc1.O=S(=O)(O)C(F)(F)F. The summed E-state index contributed by atoms with van der Waals surface area (Å²) in [6.07, 6.45) is 1.80. The second kappa shape index (κ2) is 7.97. The van der Waals surface area contributed by atoms with Crippen LogP contribution in [0.5, 0.6) is 0 Å². The van der Waals surface area contributed by atoms with Crippen molar-refractivity contribution in [2.45, 2.75) is 5.51 Å². The van der Waals surface area contributed by atoms with Crippen molar-refractivity contribution in [1.82, 2.24) is 0 Å². The number of nitrogens with one attached hydrogen (secondary N) is 1. The smallest absolute Gasteiger partial charge is 0.279 e. The molecular weight excluding hydrogens is 319 g/mol. The third-order valence-electron chi connectivity index (χ3n) is 1.50. The summed E-state index contributed by atoms with van der Waals surface area (Å²) in [6.45, 7) is 0. The van der Waals surface area contributed by atoms with E-state index in [-0.39, 0.29) is 5.17 Å². The number of halogens is 3. The second-order valence-electron chi connectivity index (χ2n) is 2.97. The van der Waals surface area contributed by atoms with Gasteiger partial charge in [0, 0.05) is 0 Å². The summed E-state index contributed by atoms with van der Waals surface area (Å²) < 4.78 is 57.5. The molecule has 0 radical (unpaired) electrons. The number of benzene rings is 1. The molecule has 0 saturated carbocycles. The minimum absolute atomic E-state index is 0.221. The van der Waals surface area contributed by atoms with E-state index in [2.05, 4.69) is 10.2 Å². The van der Waals surface area contributed by atoms with E-state index in [1.165, 1.54) is 11.8 Å². The Morgan fingerprint density at radius 3 is 2.10 bits per heavy atom. The summed E-state index contributed by atoms with van der Waals surface area (Å²) >= 11 is 1.27. The van der Waals surface area contributed by atoms with E-state index < -0.39 is 15.6 Å².